The summed E-state index contributed by atoms with van der Waals surface area (Å²) in [7, 11) is 0. The van der Waals surface area contributed by atoms with E-state index in [1.54, 1.807) is 12.1 Å². The largest absolute Gasteiger partial charge is 0.467 e. The Morgan fingerprint density at radius 1 is 1.80 bits per heavy atom. The maximum atomic E-state index is 9.64. The fourth-order valence-electron chi connectivity index (χ4n) is 0.511. The van der Waals surface area contributed by atoms with E-state index in [-0.39, 0.29) is 6.61 Å². The van der Waals surface area contributed by atoms with Gasteiger partial charge < -0.3 is 9.25 Å². The highest BCUT2D eigenvalue weighted by molar-refractivity contribution is 4.95. The van der Waals surface area contributed by atoms with Crippen molar-refractivity contribution in [2.75, 3.05) is 0 Å². The van der Waals surface area contributed by atoms with E-state index in [0.29, 0.717) is 5.76 Å². The summed E-state index contributed by atoms with van der Waals surface area (Å²) >= 11 is 0. The van der Waals surface area contributed by atoms with Crippen molar-refractivity contribution in [2.24, 2.45) is 0 Å². The van der Waals surface area contributed by atoms with E-state index in [2.05, 4.69) is 4.84 Å². The molecule has 5 nitrogen and oxygen atoms in total. The first-order valence-corrected chi connectivity index (χ1v) is 2.59. The number of rotatable bonds is 3. The molecule has 1 aromatic rings. The van der Waals surface area contributed by atoms with Gasteiger partial charge in [-0.05, 0) is 12.1 Å². The smallest absolute Gasteiger partial charge is 0.294 e. The van der Waals surface area contributed by atoms with Crippen LogP contribution in [0.1, 0.15) is 5.76 Å². The lowest BCUT2D eigenvalue weighted by Gasteiger charge is -1.91. The van der Waals surface area contributed by atoms with Crippen LogP contribution in [-0.4, -0.2) is 5.09 Å². The van der Waals surface area contributed by atoms with Crippen LogP contribution in [0.15, 0.2) is 22.8 Å². The van der Waals surface area contributed by atoms with Gasteiger partial charge in [0.25, 0.3) is 5.09 Å². The highest BCUT2D eigenvalue weighted by Gasteiger charge is 1.97. The zero-order valence-electron chi connectivity index (χ0n) is 5.02. The quantitative estimate of drug-likeness (QED) is 0.467. The first kappa shape index (κ1) is 6.60. The monoisotopic (exact) mass is 143 g/mol. The van der Waals surface area contributed by atoms with Crippen molar-refractivity contribution >= 4 is 0 Å². The van der Waals surface area contributed by atoms with Gasteiger partial charge >= 0.3 is 0 Å². The Morgan fingerprint density at radius 2 is 2.60 bits per heavy atom. The zero-order chi connectivity index (χ0) is 7.40. The molecule has 0 aliphatic heterocycles. The summed E-state index contributed by atoms with van der Waals surface area (Å²) in [5.41, 5.74) is 0. The first-order valence-electron chi connectivity index (χ1n) is 2.59. The van der Waals surface area contributed by atoms with Crippen molar-refractivity contribution in [3.63, 3.8) is 0 Å². The van der Waals surface area contributed by atoms with Crippen LogP contribution >= 0.6 is 0 Å². The molecule has 0 bridgehead atoms. The van der Waals surface area contributed by atoms with E-state index in [4.69, 9.17) is 4.42 Å². The second kappa shape index (κ2) is 2.86. The normalized spacial score (nSPS) is 9.20. The molecule has 0 N–H and O–H groups in total. The second-order valence-electron chi connectivity index (χ2n) is 1.58. The molecule has 0 radical (unpaired) electrons. The molecule has 10 heavy (non-hydrogen) atoms. The Labute approximate surface area is 56.3 Å². The Bertz CT molecular complexity index is 205. The molecular weight excluding hydrogens is 138 g/mol. The Balaban J connectivity index is 2.35. The third-order valence-corrected chi connectivity index (χ3v) is 0.892. The summed E-state index contributed by atoms with van der Waals surface area (Å²) in [6, 6.07) is 3.24. The first-order chi connectivity index (χ1) is 4.79. The van der Waals surface area contributed by atoms with Crippen LogP contribution in [0.3, 0.4) is 0 Å². The summed E-state index contributed by atoms with van der Waals surface area (Å²) in [5.74, 6) is 0.441. The van der Waals surface area contributed by atoms with E-state index in [1.807, 2.05) is 0 Å². The predicted octanol–water partition coefficient (Wildman–Crippen LogP) is 0.988. The molecule has 54 valence electrons. The fraction of sp³-hybridized carbons (Fsp3) is 0.200. The van der Waals surface area contributed by atoms with Gasteiger partial charge in [0.2, 0.25) is 0 Å². The minimum Gasteiger partial charge on any atom is -0.467 e. The van der Waals surface area contributed by atoms with Crippen LogP contribution in [0, 0.1) is 10.1 Å². The summed E-state index contributed by atoms with van der Waals surface area (Å²) in [6.07, 6.45) is 1.43. The Hall–Kier alpha value is -1.52. The highest BCUT2D eigenvalue weighted by atomic mass is 16.9. The van der Waals surface area contributed by atoms with Gasteiger partial charge in [-0.15, -0.1) is 10.1 Å². The molecule has 0 amide bonds. The third-order valence-electron chi connectivity index (χ3n) is 0.892. The zero-order valence-corrected chi connectivity index (χ0v) is 5.02. The highest BCUT2D eigenvalue weighted by Crippen LogP contribution is 2.00. The topological polar surface area (TPSA) is 65.5 Å². The Kier molecular flexibility index (Phi) is 1.89. The van der Waals surface area contributed by atoms with Crippen LogP contribution in [0.4, 0.5) is 0 Å². The summed E-state index contributed by atoms with van der Waals surface area (Å²) in [5, 5.41) is 8.78. The van der Waals surface area contributed by atoms with Crippen LogP contribution in [0.25, 0.3) is 0 Å². The third kappa shape index (κ3) is 1.77. The van der Waals surface area contributed by atoms with E-state index < -0.39 is 5.09 Å². The molecule has 0 fully saturated rings. The average molecular weight is 143 g/mol. The van der Waals surface area contributed by atoms with Crippen molar-refractivity contribution in [3.05, 3.63) is 34.3 Å². The van der Waals surface area contributed by atoms with Gasteiger partial charge in [-0.2, -0.15) is 0 Å². The SMILES string of the molecule is O=[N+]([O-])OCc1ccco1. The standard InChI is InChI=1S/C5H5NO4/c7-6(8)10-4-5-2-1-3-9-5/h1-3H,4H2. The maximum Gasteiger partial charge on any atom is 0.294 e. The van der Waals surface area contributed by atoms with Gasteiger partial charge in [0.05, 0.1) is 6.26 Å². The average Bonchev–Trinajstić information content (AvgIpc) is 2.34. The molecule has 0 saturated heterocycles. The maximum absolute atomic E-state index is 9.64. The number of furan rings is 1. The van der Waals surface area contributed by atoms with Crippen molar-refractivity contribution in [1.82, 2.24) is 0 Å². The van der Waals surface area contributed by atoms with Crippen LogP contribution in [0.5, 0.6) is 0 Å². The molecule has 0 spiro atoms. The molecule has 0 aromatic carbocycles. The van der Waals surface area contributed by atoms with Crippen LogP contribution in [-0.2, 0) is 11.4 Å². The minimum absolute atomic E-state index is 0.125. The second-order valence-corrected chi connectivity index (χ2v) is 1.58. The molecule has 1 aromatic heterocycles. The van der Waals surface area contributed by atoms with Gasteiger partial charge in [-0.1, -0.05) is 0 Å². The number of nitrogens with zero attached hydrogens (tertiary/aromatic N) is 1. The Morgan fingerprint density at radius 3 is 3.10 bits per heavy atom. The van der Waals surface area contributed by atoms with E-state index >= 15 is 0 Å². The predicted molar refractivity (Wildman–Crippen MR) is 30.5 cm³/mol. The van der Waals surface area contributed by atoms with Crippen LogP contribution in [0.2, 0.25) is 0 Å². The molecule has 5 heteroatoms. The summed E-state index contributed by atoms with van der Waals surface area (Å²) in [4.78, 5) is 13.7. The number of hydrogen-bond donors (Lipinski definition) is 0. The van der Waals surface area contributed by atoms with Gasteiger partial charge in [0.1, 0.15) is 5.76 Å². The van der Waals surface area contributed by atoms with E-state index in [0.717, 1.165) is 0 Å². The molecule has 1 heterocycles. The van der Waals surface area contributed by atoms with Crippen LogP contribution < -0.4 is 0 Å². The van der Waals surface area contributed by atoms with Gasteiger partial charge in [0.15, 0.2) is 6.61 Å². The number of hydrogen-bond acceptors (Lipinski definition) is 4. The summed E-state index contributed by atoms with van der Waals surface area (Å²) in [6.45, 7) is -0.125. The lowest BCUT2D eigenvalue weighted by Crippen LogP contribution is -1.98. The van der Waals surface area contributed by atoms with Crippen molar-refractivity contribution in [1.29, 1.82) is 0 Å². The van der Waals surface area contributed by atoms with Gasteiger partial charge in [-0.3, -0.25) is 0 Å². The molecule has 0 aliphatic carbocycles. The van der Waals surface area contributed by atoms with E-state index in [1.165, 1.54) is 6.26 Å². The van der Waals surface area contributed by atoms with Crippen molar-refractivity contribution < 1.29 is 14.3 Å². The summed E-state index contributed by atoms with van der Waals surface area (Å²) < 4.78 is 4.75. The van der Waals surface area contributed by atoms with E-state index in [9.17, 15) is 10.1 Å². The minimum atomic E-state index is -0.859. The van der Waals surface area contributed by atoms with Gasteiger partial charge in [-0.25, -0.2) is 0 Å². The molecule has 0 unspecified atom stereocenters. The molecule has 0 saturated carbocycles. The van der Waals surface area contributed by atoms with Gasteiger partial charge in [0, 0.05) is 0 Å². The molecule has 0 aliphatic rings. The lowest BCUT2D eigenvalue weighted by atomic mass is 10.5. The molecule has 1 rings (SSSR count). The fourth-order valence-corrected chi connectivity index (χ4v) is 0.511. The lowest BCUT2D eigenvalue weighted by molar-refractivity contribution is -0.763. The molecule has 0 atom stereocenters. The van der Waals surface area contributed by atoms with Crippen molar-refractivity contribution in [3.8, 4) is 0 Å². The molecular formula is C5H5NO4. The van der Waals surface area contributed by atoms with Crippen molar-refractivity contribution in [2.45, 2.75) is 6.61 Å².